The molecule has 4 nitrogen and oxygen atoms in total. The van der Waals surface area contributed by atoms with Crippen LogP contribution in [0.15, 0.2) is 12.1 Å². The van der Waals surface area contributed by atoms with E-state index in [1.807, 2.05) is 6.07 Å². The van der Waals surface area contributed by atoms with E-state index < -0.39 is 0 Å². The molecule has 1 aromatic carbocycles. The van der Waals surface area contributed by atoms with Crippen LogP contribution in [-0.4, -0.2) is 45.3 Å². The van der Waals surface area contributed by atoms with Gasteiger partial charge in [0.05, 0.1) is 14.2 Å². The monoisotopic (exact) mass is 344 g/mol. The van der Waals surface area contributed by atoms with Crippen LogP contribution in [0.25, 0.3) is 0 Å². The second kappa shape index (κ2) is 8.18. The Hall–Kier alpha value is -1.04. The average molecular weight is 345 g/mol. The second-order valence-corrected chi connectivity index (χ2v) is 6.15. The SMILES string of the molecule is COc1cc(F)c([C@@H](C2CCC2)N2CCNCC2)cc1OC.Cl. The molecule has 1 aliphatic carbocycles. The predicted molar refractivity (Wildman–Crippen MR) is 91.3 cm³/mol. The summed E-state index contributed by atoms with van der Waals surface area (Å²) in [6.07, 6.45) is 3.62. The summed E-state index contributed by atoms with van der Waals surface area (Å²) in [4.78, 5) is 2.42. The number of methoxy groups -OCH3 is 2. The van der Waals surface area contributed by atoms with Crippen molar-refractivity contribution in [2.75, 3.05) is 40.4 Å². The first-order valence-electron chi connectivity index (χ1n) is 8.10. The van der Waals surface area contributed by atoms with Gasteiger partial charge in [0, 0.05) is 43.9 Å². The van der Waals surface area contributed by atoms with Gasteiger partial charge in [-0.3, -0.25) is 4.90 Å². The first kappa shape index (κ1) is 18.3. The van der Waals surface area contributed by atoms with Crippen molar-refractivity contribution in [1.82, 2.24) is 10.2 Å². The van der Waals surface area contributed by atoms with Crippen LogP contribution in [-0.2, 0) is 0 Å². The predicted octanol–water partition coefficient (Wildman–Crippen LogP) is 3.01. The normalized spacial score (nSPS) is 20.3. The number of nitrogens with one attached hydrogen (secondary N) is 1. The van der Waals surface area contributed by atoms with Crippen LogP contribution in [0.1, 0.15) is 30.9 Å². The van der Waals surface area contributed by atoms with Crippen LogP contribution in [0.4, 0.5) is 4.39 Å². The van der Waals surface area contributed by atoms with E-state index in [0.717, 1.165) is 31.7 Å². The Kier molecular flexibility index (Phi) is 6.50. The molecule has 0 bridgehead atoms. The molecule has 130 valence electrons. The highest BCUT2D eigenvalue weighted by atomic mass is 35.5. The van der Waals surface area contributed by atoms with Gasteiger partial charge in [-0.15, -0.1) is 12.4 Å². The number of nitrogens with zero attached hydrogens (tertiary/aromatic N) is 1. The molecule has 1 heterocycles. The lowest BCUT2D eigenvalue weighted by Gasteiger charge is -2.43. The van der Waals surface area contributed by atoms with E-state index in [2.05, 4.69) is 10.2 Å². The summed E-state index contributed by atoms with van der Waals surface area (Å²) in [6, 6.07) is 3.44. The standard InChI is InChI=1S/C17H25FN2O2.ClH/c1-21-15-10-13(14(18)11-16(15)22-2)17(12-4-3-5-12)20-8-6-19-7-9-20;/h10-12,17,19H,3-9H2,1-2H3;1H/t17-;/m1./s1. The molecule has 23 heavy (non-hydrogen) atoms. The van der Waals surface area contributed by atoms with Gasteiger partial charge in [-0.2, -0.15) is 0 Å². The number of halogens is 2. The molecule has 1 aromatic rings. The average Bonchev–Trinajstić information content (AvgIpc) is 2.51. The maximum absolute atomic E-state index is 14.7. The van der Waals surface area contributed by atoms with Crippen molar-refractivity contribution in [1.29, 1.82) is 0 Å². The minimum atomic E-state index is -0.187. The van der Waals surface area contributed by atoms with Crippen LogP contribution >= 0.6 is 12.4 Å². The number of rotatable bonds is 5. The van der Waals surface area contributed by atoms with Gasteiger partial charge < -0.3 is 14.8 Å². The van der Waals surface area contributed by atoms with E-state index in [1.165, 1.54) is 32.4 Å². The molecule has 1 N–H and O–H groups in total. The van der Waals surface area contributed by atoms with Gasteiger partial charge in [-0.1, -0.05) is 6.42 Å². The molecule has 0 radical (unpaired) electrons. The van der Waals surface area contributed by atoms with Gasteiger partial charge in [0.2, 0.25) is 0 Å². The summed E-state index contributed by atoms with van der Waals surface area (Å²) in [5, 5.41) is 3.37. The largest absolute Gasteiger partial charge is 0.493 e. The Morgan fingerprint density at radius 3 is 2.26 bits per heavy atom. The summed E-state index contributed by atoms with van der Waals surface area (Å²) in [6.45, 7) is 3.88. The van der Waals surface area contributed by atoms with Crippen molar-refractivity contribution in [2.24, 2.45) is 5.92 Å². The van der Waals surface area contributed by atoms with E-state index in [-0.39, 0.29) is 24.3 Å². The molecule has 2 fully saturated rings. The lowest BCUT2D eigenvalue weighted by molar-refractivity contribution is 0.0809. The van der Waals surface area contributed by atoms with E-state index in [4.69, 9.17) is 9.47 Å². The Morgan fingerprint density at radius 1 is 1.13 bits per heavy atom. The van der Waals surface area contributed by atoms with E-state index >= 15 is 0 Å². The fourth-order valence-corrected chi connectivity index (χ4v) is 3.56. The molecule has 0 spiro atoms. The quantitative estimate of drug-likeness (QED) is 0.890. The highest BCUT2D eigenvalue weighted by Gasteiger charge is 2.35. The zero-order valence-electron chi connectivity index (χ0n) is 13.8. The molecule has 6 heteroatoms. The molecule has 1 saturated heterocycles. The second-order valence-electron chi connectivity index (χ2n) is 6.15. The highest BCUT2D eigenvalue weighted by Crippen LogP contribution is 2.44. The van der Waals surface area contributed by atoms with Crippen LogP contribution in [0.2, 0.25) is 0 Å². The molecule has 1 atom stereocenters. The van der Waals surface area contributed by atoms with E-state index in [9.17, 15) is 4.39 Å². The number of benzene rings is 1. The van der Waals surface area contributed by atoms with Crippen molar-refractivity contribution >= 4 is 12.4 Å². The van der Waals surface area contributed by atoms with E-state index in [0.29, 0.717) is 17.4 Å². The molecular weight excluding hydrogens is 319 g/mol. The molecule has 3 rings (SSSR count). The van der Waals surface area contributed by atoms with Gasteiger partial charge in [-0.05, 0) is 24.8 Å². The third-order valence-corrected chi connectivity index (χ3v) is 4.96. The smallest absolute Gasteiger partial charge is 0.163 e. The maximum atomic E-state index is 14.7. The summed E-state index contributed by atoms with van der Waals surface area (Å²) in [5.74, 6) is 1.42. The molecular formula is C17H26ClFN2O2. The van der Waals surface area contributed by atoms with Crippen LogP contribution in [0, 0.1) is 11.7 Å². The van der Waals surface area contributed by atoms with Gasteiger partial charge >= 0.3 is 0 Å². The van der Waals surface area contributed by atoms with E-state index in [1.54, 1.807) is 7.11 Å². The van der Waals surface area contributed by atoms with Crippen molar-refractivity contribution in [3.63, 3.8) is 0 Å². The lowest BCUT2D eigenvalue weighted by atomic mass is 9.76. The van der Waals surface area contributed by atoms with Crippen LogP contribution in [0.3, 0.4) is 0 Å². The molecule has 0 unspecified atom stereocenters. The topological polar surface area (TPSA) is 33.7 Å². The van der Waals surface area contributed by atoms with Crippen molar-refractivity contribution in [3.8, 4) is 11.5 Å². The minimum absolute atomic E-state index is 0. The third-order valence-electron chi connectivity index (χ3n) is 4.96. The number of ether oxygens (including phenoxy) is 2. The zero-order chi connectivity index (χ0) is 15.5. The van der Waals surface area contributed by atoms with Crippen LogP contribution in [0.5, 0.6) is 11.5 Å². The number of hydrogen-bond donors (Lipinski definition) is 1. The number of hydrogen-bond acceptors (Lipinski definition) is 4. The molecule has 1 aliphatic heterocycles. The minimum Gasteiger partial charge on any atom is -0.493 e. The summed E-state index contributed by atoms with van der Waals surface area (Å²) >= 11 is 0. The Labute approximate surface area is 143 Å². The Morgan fingerprint density at radius 2 is 1.74 bits per heavy atom. The van der Waals surface area contributed by atoms with Gasteiger partial charge in [0.1, 0.15) is 5.82 Å². The van der Waals surface area contributed by atoms with Crippen LogP contribution < -0.4 is 14.8 Å². The Bertz CT molecular complexity index is 520. The lowest BCUT2D eigenvalue weighted by Crippen LogP contribution is -2.48. The maximum Gasteiger partial charge on any atom is 0.163 e. The zero-order valence-corrected chi connectivity index (χ0v) is 14.6. The van der Waals surface area contributed by atoms with Gasteiger partial charge in [0.15, 0.2) is 11.5 Å². The summed E-state index contributed by atoms with van der Waals surface area (Å²) in [5.41, 5.74) is 0.754. The van der Waals surface area contributed by atoms with Crippen molar-refractivity contribution in [3.05, 3.63) is 23.5 Å². The van der Waals surface area contributed by atoms with Crippen molar-refractivity contribution in [2.45, 2.75) is 25.3 Å². The Balaban J connectivity index is 0.00000192. The van der Waals surface area contributed by atoms with Gasteiger partial charge in [0.25, 0.3) is 0 Å². The molecule has 0 amide bonds. The summed E-state index contributed by atoms with van der Waals surface area (Å²) < 4.78 is 25.3. The highest BCUT2D eigenvalue weighted by molar-refractivity contribution is 5.85. The van der Waals surface area contributed by atoms with Crippen molar-refractivity contribution < 1.29 is 13.9 Å². The number of piperazine rings is 1. The fourth-order valence-electron chi connectivity index (χ4n) is 3.56. The third kappa shape index (κ3) is 3.73. The molecule has 2 aliphatic rings. The first-order chi connectivity index (χ1) is 10.7. The molecule has 1 saturated carbocycles. The summed E-state index contributed by atoms with van der Waals surface area (Å²) in [7, 11) is 3.14. The molecule has 0 aromatic heterocycles. The van der Waals surface area contributed by atoms with Gasteiger partial charge in [-0.25, -0.2) is 4.39 Å². The first-order valence-corrected chi connectivity index (χ1v) is 8.10. The fraction of sp³-hybridized carbons (Fsp3) is 0.647.